The van der Waals surface area contributed by atoms with Gasteiger partial charge in [0.05, 0.1) is 19.2 Å². The Hall–Kier alpha value is -2.64. The van der Waals surface area contributed by atoms with Gasteiger partial charge in [-0.25, -0.2) is 9.79 Å². The van der Waals surface area contributed by atoms with E-state index in [1.54, 1.807) is 13.0 Å². The van der Waals surface area contributed by atoms with E-state index < -0.39 is 23.1 Å². The molecule has 2 rings (SSSR count). The van der Waals surface area contributed by atoms with Crippen LogP contribution in [0, 0.1) is 0 Å². The van der Waals surface area contributed by atoms with Crippen LogP contribution >= 0.6 is 0 Å². The lowest BCUT2D eigenvalue weighted by Gasteiger charge is -2.23. The Bertz CT molecular complexity index is 754. The lowest BCUT2D eigenvalue weighted by atomic mass is 10.0. The van der Waals surface area contributed by atoms with Gasteiger partial charge in [-0.05, 0) is 13.3 Å². The topological polar surface area (TPSA) is 107 Å². The van der Waals surface area contributed by atoms with Gasteiger partial charge in [0.25, 0.3) is 11.8 Å². The molecule has 0 aromatic carbocycles. The van der Waals surface area contributed by atoms with E-state index in [4.69, 9.17) is 13.9 Å². The van der Waals surface area contributed by atoms with Crippen LogP contribution < -0.4 is 15.7 Å². The molecule has 0 spiro atoms. The number of carbonyl (C=O) groups is 2. The van der Waals surface area contributed by atoms with Crippen LogP contribution in [0.4, 0.5) is 0 Å². The Morgan fingerprint density at radius 3 is 2.72 bits per heavy atom. The second-order valence-corrected chi connectivity index (χ2v) is 6.07. The van der Waals surface area contributed by atoms with Crippen LogP contribution in [0.3, 0.4) is 0 Å². The molecule has 0 radical (unpaired) electrons. The third-order valence-electron chi connectivity index (χ3n) is 3.85. The Morgan fingerprint density at radius 2 is 2.16 bits per heavy atom. The Labute approximate surface area is 145 Å². The summed E-state index contributed by atoms with van der Waals surface area (Å²) in [5.41, 5.74) is -1.76. The maximum absolute atomic E-state index is 12.7. The van der Waals surface area contributed by atoms with Crippen molar-refractivity contribution in [3.05, 3.63) is 28.3 Å². The Balaban J connectivity index is 2.25. The number of hydrogen-bond acceptors (Lipinski definition) is 7. The van der Waals surface area contributed by atoms with Crippen LogP contribution in [-0.2, 0) is 14.3 Å². The molecule has 8 heteroatoms. The molecule has 1 N–H and O–H groups in total. The smallest absolute Gasteiger partial charge is 0.339 e. The quantitative estimate of drug-likeness (QED) is 0.796. The summed E-state index contributed by atoms with van der Waals surface area (Å²) >= 11 is 0. The highest BCUT2D eigenvalue weighted by atomic mass is 16.5. The molecule has 1 aliphatic rings. The minimum atomic E-state index is -1.20. The number of nitrogens with one attached hydrogen (secondary N) is 1. The molecule has 1 aromatic rings. The van der Waals surface area contributed by atoms with Gasteiger partial charge < -0.3 is 19.2 Å². The zero-order chi connectivity index (χ0) is 18.6. The first-order valence-corrected chi connectivity index (χ1v) is 8.02. The third kappa shape index (κ3) is 4.26. The molecule has 0 saturated heterocycles. The van der Waals surface area contributed by atoms with Crippen molar-refractivity contribution in [2.75, 3.05) is 13.7 Å². The van der Waals surface area contributed by atoms with E-state index in [-0.39, 0.29) is 18.3 Å². The molecule has 1 aliphatic heterocycles. The van der Waals surface area contributed by atoms with Crippen molar-refractivity contribution >= 4 is 17.6 Å². The molecule has 1 aromatic heterocycles. The molecular formula is C17H22N2O6. The average Bonchev–Trinajstić information content (AvgIpc) is 2.98. The molecule has 0 bridgehead atoms. The summed E-state index contributed by atoms with van der Waals surface area (Å²) < 4.78 is 15.5. The lowest BCUT2D eigenvalue weighted by molar-refractivity contribution is -0.127. The van der Waals surface area contributed by atoms with Crippen LogP contribution in [0.1, 0.15) is 45.4 Å². The number of ketones is 1. The zero-order valence-corrected chi connectivity index (χ0v) is 14.8. The maximum atomic E-state index is 12.7. The highest BCUT2D eigenvalue weighted by Gasteiger charge is 2.41. The van der Waals surface area contributed by atoms with Crippen molar-refractivity contribution in [1.29, 1.82) is 0 Å². The van der Waals surface area contributed by atoms with Gasteiger partial charge in [-0.1, -0.05) is 13.3 Å². The lowest BCUT2D eigenvalue weighted by Crippen LogP contribution is -2.45. The van der Waals surface area contributed by atoms with Crippen LogP contribution in [0.25, 0.3) is 0 Å². The Kier molecular flexibility index (Phi) is 5.61. The number of aliphatic imine (C=N–C) groups is 1. The fraction of sp³-hybridized carbons (Fsp3) is 0.529. The molecule has 0 saturated carbocycles. The van der Waals surface area contributed by atoms with E-state index in [1.807, 2.05) is 6.92 Å². The highest BCUT2D eigenvalue weighted by Crippen LogP contribution is 2.25. The summed E-state index contributed by atoms with van der Waals surface area (Å²) in [4.78, 5) is 39.8. The molecule has 0 unspecified atom stereocenters. The number of amides is 1. The summed E-state index contributed by atoms with van der Waals surface area (Å²) in [6, 6.07) is 2.28. The van der Waals surface area contributed by atoms with E-state index in [9.17, 15) is 14.4 Å². The van der Waals surface area contributed by atoms with Crippen molar-refractivity contribution in [3.8, 4) is 5.75 Å². The fourth-order valence-electron chi connectivity index (χ4n) is 2.44. The van der Waals surface area contributed by atoms with E-state index in [1.165, 1.54) is 20.1 Å². The number of Topliss-reactive ketones (excluding diaryl/α,β-unsaturated/α-hetero) is 1. The molecule has 2 heterocycles. The van der Waals surface area contributed by atoms with Gasteiger partial charge in [-0.3, -0.25) is 9.59 Å². The summed E-state index contributed by atoms with van der Waals surface area (Å²) in [5, 5.41) is 2.83. The minimum absolute atomic E-state index is 0.0192. The first kappa shape index (κ1) is 18.7. The monoisotopic (exact) mass is 350 g/mol. The van der Waals surface area contributed by atoms with Gasteiger partial charge in [0, 0.05) is 13.0 Å². The standard InChI is InChI=1S/C17H22N2O6/c1-5-6-12(13-7-11(23-4)8-14(21)25-13)18-16(22)17(3)9-24-15(19-17)10(2)20/h7-8,12H,5-6,9H2,1-4H3,(H,18,22)/t12-,17+/m1/s1. The molecular weight excluding hydrogens is 328 g/mol. The van der Waals surface area contributed by atoms with Gasteiger partial charge in [-0.2, -0.15) is 0 Å². The van der Waals surface area contributed by atoms with Crippen molar-refractivity contribution in [2.24, 2.45) is 4.99 Å². The molecule has 136 valence electrons. The van der Waals surface area contributed by atoms with E-state index in [2.05, 4.69) is 10.3 Å². The number of rotatable bonds is 7. The number of ether oxygens (including phenoxy) is 2. The van der Waals surface area contributed by atoms with Gasteiger partial charge in [0.2, 0.25) is 5.78 Å². The van der Waals surface area contributed by atoms with E-state index in [0.717, 1.165) is 6.42 Å². The SMILES string of the molecule is CCC[C@@H](NC(=O)[C@]1(C)COC(C(C)=O)=N1)c1cc(OC)cc(=O)o1. The second-order valence-electron chi connectivity index (χ2n) is 6.07. The highest BCUT2D eigenvalue weighted by molar-refractivity contribution is 6.36. The molecule has 8 nitrogen and oxygen atoms in total. The van der Waals surface area contributed by atoms with Crippen molar-refractivity contribution in [2.45, 2.75) is 45.2 Å². The molecule has 0 fully saturated rings. The number of nitrogens with zero attached hydrogens (tertiary/aromatic N) is 1. The number of hydrogen-bond donors (Lipinski definition) is 1. The number of carbonyl (C=O) groups excluding carboxylic acids is 2. The first-order valence-electron chi connectivity index (χ1n) is 8.02. The van der Waals surface area contributed by atoms with Gasteiger partial charge in [0.1, 0.15) is 18.1 Å². The summed E-state index contributed by atoms with van der Waals surface area (Å²) in [7, 11) is 1.45. The summed E-state index contributed by atoms with van der Waals surface area (Å²) in [6.45, 7) is 4.84. The minimum Gasteiger partial charge on any atom is -0.496 e. The second kappa shape index (κ2) is 7.50. The van der Waals surface area contributed by atoms with Crippen LogP contribution in [0.15, 0.2) is 26.3 Å². The van der Waals surface area contributed by atoms with Crippen LogP contribution in [-0.4, -0.2) is 36.8 Å². The molecule has 0 aliphatic carbocycles. The predicted molar refractivity (Wildman–Crippen MR) is 89.8 cm³/mol. The third-order valence-corrected chi connectivity index (χ3v) is 3.85. The van der Waals surface area contributed by atoms with E-state index in [0.29, 0.717) is 17.9 Å². The number of methoxy groups -OCH3 is 1. The van der Waals surface area contributed by atoms with Crippen molar-refractivity contribution in [1.82, 2.24) is 5.32 Å². The first-order chi connectivity index (χ1) is 11.8. The molecule has 1 amide bonds. The van der Waals surface area contributed by atoms with Crippen molar-refractivity contribution < 1.29 is 23.5 Å². The zero-order valence-electron chi connectivity index (χ0n) is 14.8. The van der Waals surface area contributed by atoms with Crippen LogP contribution in [0.5, 0.6) is 5.75 Å². The normalized spacial score (nSPS) is 20.4. The van der Waals surface area contributed by atoms with Crippen molar-refractivity contribution in [3.63, 3.8) is 0 Å². The average molecular weight is 350 g/mol. The molecule has 2 atom stereocenters. The summed E-state index contributed by atoms with van der Waals surface area (Å²) in [6.07, 6.45) is 1.31. The van der Waals surface area contributed by atoms with Gasteiger partial charge >= 0.3 is 5.63 Å². The van der Waals surface area contributed by atoms with Gasteiger partial charge in [-0.15, -0.1) is 0 Å². The van der Waals surface area contributed by atoms with E-state index >= 15 is 0 Å². The fourth-order valence-corrected chi connectivity index (χ4v) is 2.44. The largest absolute Gasteiger partial charge is 0.496 e. The van der Waals surface area contributed by atoms with Crippen LogP contribution in [0.2, 0.25) is 0 Å². The Morgan fingerprint density at radius 1 is 1.44 bits per heavy atom. The summed E-state index contributed by atoms with van der Waals surface area (Å²) in [5.74, 6) is -0.141. The molecule has 25 heavy (non-hydrogen) atoms. The van der Waals surface area contributed by atoms with Gasteiger partial charge in [0.15, 0.2) is 5.54 Å². The maximum Gasteiger partial charge on any atom is 0.339 e. The predicted octanol–water partition coefficient (Wildman–Crippen LogP) is 1.38.